The van der Waals surface area contributed by atoms with Gasteiger partial charge in [0.05, 0.1) is 16.9 Å². The van der Waals surface area contributed by atoms with Crippen LogP contribution in [-0.4, -0.2) is 24.3 Å². The molecule has 1 spiro atoms. The van der Waals surface area contributed by atoms with Crippen LogP contribution in [0.15, 0.2) is 18.2 Å². The number of halogens is 1. The summed E-state index contributed by atoms with van der Waals surface area (Å²) in [6.07, 6.45) is 4.45. The van der Waals surface area contributed by atoms with Gasteiger partial charge < -0.3 is 9.64 Å². The molecular formula is C17H21FN2O. The monoisotopic (exact) mass is 288 g/mol. The quantitative estimate of drug-likeness (QED) is 0.792. The van der Waals surface area contributed by atoms with Gasteiger partial charge in [-0.3, -0.25) is 0 Å². The summed E-state index contributed by atoms with van der Waals surface area (Å²) in [5.41, 5.74) is 0.408. The van der Waals surface area contributed by atoms with E-state index in [1.54, 1.807) is 6.07 Å². The molecule has 1 heterocycles. The molecule has 21 heavy (non-hydrogen) atoms. The summed E-state index contributed by atoms with van der Waals surface area (Å²) in [5, 5.41) is 9.27. The van der Waals surface area contributed by atoms with Crippen LogP contribution in [-0.2, 0) is 4.74 Å². The molecule has 1 aliphatic heterocycles. The van der Waals surface area contributed by atoms with E-state index < -0.39 is 5.82 Å². The molecule has 0 unspecified atom stereocenters. The fraction of sp³-hybridized carbons (Fsp3) is 0.588. The molecule has 112 valence electrons. The maximum Gasteiger partial charge on any atom is 0.143 e. The molecule has 1 saturated heterocycles. The van der Waals surface area contributed by atoms with Crippen molar-refractivity contribution in [3.05, 3.63) is 29.6 Å². The highest BCUT2D eigenvalue weighted by Crippen LogP contribution is 2.42. The van der Waals surface area contributed by atoms with E-state index in [1.165, 1.54) is 18.9 Å². The molecule has 3 nitrogen and oxygen atoms in total. The molecule has 2 fully saturated rings. The lowest BCUT2D eigenvalue weighted by molar-refractivity contribution is -0.148. The Morgan fingerprint density at radius 3 is 2.62 bits per heavy atom. The van der Waals surface area contributed by atoms with Crippen molar-refractivity contribution in [2.24, 2.45) is 0 Å². The second-order valence-corrected chi connectivity index (χ2v) is 6.85. The second-order valence-electron chi connectivity index (χ2n) is 6.85. The Hall–Kier alpha value is -1.60. The Morgan fingerprint density at radius 1 is 1.24 bits per heavy atom. The van der Waals surface area contributed by atoms with Gasteiger partial charge in [0, 0.05) is 13.1 Å². The van der Waals surface area contributed by atoms with E-state index >= 15 is 0 Å². The number of nitriles is 1. The summed E-state index contributed by atoms with van der Waals surface area (Å²) in [6, 6.07) is 6.87. The van der Waals surface area contributed by atoms with Crippen molar-refractivity contribution in [1.29, 1.82) is 5.26 Å². The number of nitrogens with zero attached hydrogens (tertiary/aromatic N) is 2. The Balaban J connectivity index is 1.98. The van der Waals surface area contributed by atoms with Crippen LogP contribution in [0.1, 0.15) is 45.1 Å². The van der Waals surface area contributed by atoms with Gasteiger partial charge in [0.1, 0.15) is 17.4 Å². The number of anilines is 1. The van der Waals surface area contributed by atoms with Crippen LogP contribution in [0.25, 0.3) is 0 Å². The Kier molecular flexibility index (Phi) is 3.41. The van der Waals surface area contributed by atoms with E-state index in [0.29, 0.717) is 12.2 Å². The second kappa shape index (κ2) is 4.99. The minimum absolute atomic E-state index is 0.138. The Bertz CT molecular complexity index is 585. The molecule has 0 N–H and O–H groups in total. The van der Waals surface area contributed by atoms with E-state index in [4.69, 9.17) is 4.74 Å². The summed E-state index contributed by atoms with van der Waals surface area (Å²) in [5.74, 6) is -0.445. The van der Waals surface area contributed by atoms with Gasteiger partial charge in [-0.05, 0) is 38.8 Å². The maximum atomic E-state index is 13.9. The molecule has 2 aliphatic rings. The smallest absolute Gasteiger partial charge is 0.143 e. The number of hydrogen-bond donors (Lipinski definition) is 0. The molecule has 0 atom stereocenters. The average Bonchev–Trinajstić information content (AvgIpc) is 2.83. The fourth-order valence-electron chi connectivity index (χ4n) is 3.85. The zero-order valence-electron chi connectivity index (χ0n) is 12.7. The molecule has 1 saturated carbocycles. The van der Waals surface area contributed by atoms with Gasteiger partial charge >= 0.3 is 0 Å². The lowest BCUT2D eigenvalue weighted by Crippen LogP contribution is -2.59. The summed E-state index contributed by atoms with van der Waals surface area (Å²) in [4.78, 5) is 2.14. The topological polar surface area (TPSA) is 36.3 Å². The van der Waals surface area contributed by atoms with Gasteiger partial charge in [-0.15, -0.1) is 0 Å². The number of rotatable bonds is 1. The maximum absolute atomic E-state index is 13.9. The SMILES string of the molecule is CC1(C)CN(c2cccc(F)c2C#N)CC2(CCCC2)O1. The minimum atomic E-state index is -0.445. The average molecular weight is 288 g/mol. The van der Waals surface area contributed by atoms with Gasteiger partial charge in [0.2, 0.25) is 0 Å². The molecule has 0 radical (unpaired) electrons. The highest BCUT2D eigenvalue weighted by Gasteiger charge is 2.46. The standard InChI is InChI=1S/C17H21FN2O/c1-16(2)11-20(12-17(21-16)8-3-4-9-17)15-7-5-6-14(18)13(15)10-19/h5-7H,3-4,8-9,11-12H2,1-2H3. The van der Waals surface area contributed by atoms with Crippen molar-refractivity contribution in [1.82, 2.24) is 0 Å². The first-order chi connectivity index (χ1) is 9.95. The fourth-order valence-corrected chi connectivity index (χ4v) is 3.85. The molecule has 0 aromatic heterocycles. The van der Waals surface area contributed by atoms with Gasteiger partial charge in [-0.2, -0.15) is 5.26 Å². The largest absolute Gasteiger partial charge is 0.365 e. The van der Waals surface area contributed by atoms with E-state index in [2.05, 4.69) is 18.7 Å². The number of morpholine rings is 1. The molecule has 1 aromatic rings. The van der Waals surface area contributed by atoms with Gasteiger partial charge in [-0.1, -0.05) is 18.9 Å². The molecule has 0 amide bonds. The van der Waals surface area contributed by atoms with Crippen molar-refractivity contribution >= 4 is 5.69 Å². The van der Waals surface area contributed by atoms with Gasteiger partial charge in [0.25, 0.3) is 0 Å². The zero-order chi connectivity index (χ0) is 15.1. The molecule has 4 heteroatoms. The van der Waals surface area contributed by atoms with E-state index in [0.717, 1.165) is 19.4 Å². The van der Waals surface area contributed by atoms with Crippen LogP contribution in [0.3, 0.4) is 0 Å². The molecule has 0 bridgehead atoms. The Labute approximate surface area is 125 Å². The third kappa shape index (κ3) is 2.63. The highest BCUT2D eigenvalue weighted by atomic mass is 19.1. The summed E-state index contributed by atoms with van der Waals surface area (Å²) < 4.78 is 20.2. The first kappa shape index (κ1) is 14.3. The lowest BCUT2D eigenvalue weighted by Gasteiger charge is -2.49. The van der Waals surface area contributed by atoms with E-state index in [1.807, 2.05) is 12.1 Å². The van der Waals surface area contributed by atoms with E-state index in [9.17, 15) is 9.65 Å². The molecular weight excluding hydrogens is 267 g/mol. The van der Waals surface area contributed by atoms with Crippen molar-refractivity contribution in [3.8, 4) is 6.07 Å². The van der Waals surface area contributed by atoms with E-state index in [-0.39, 0.29) is 16.8 Å². The third-order valence-corrected chi connectivity index (χ3v) is 4.50. The summed E-state index contributed by atoms with van der Waals surface area (Å²) in [6.45, 7) is 5.57. The van der Waals surface area contributed by atoms with Crippen molar-refractivity contribution < 1.29 is 9.13 Å². The number of benzene rings is 1. The normalized spacial score (nSPS) is 23.2. The summed E-state index contributed by atoms with van der Waals surface area (Å²) in [7, 11) is 0. The summed E-state index contributed by atoms with van der Waals surface area (Å²) >= 11 is 0. The number of hydrogen-bond acceptors (Lipinski definition) is 3. The van der Waals surface area contributed by atoms with Crippen LogP contribution >= 0.6 is 0 Å². The van der Waals surface area contributed by atoms with Crippen LogP contribution in [0.4, 0.5) is 10.1 Å². The predicted molar refractivity (Wildman–Crippen MR) is 79.7 cm³/mol. The van der Waals surface area contributed by atoms with Crippen LogP contribution in [0, 0.1) is 17.1 Å². The van der Waals surface area contributed by atoms with Gasteiger partial charge in [-0.25, -0.2) is 4.39 Å². The third-order valence-electron chi connectivity index (χ3n) is 4.50. The minimum Gasteiger partial charge on any atom is -0.365 e. The van der Waals surface area contributed by atoms with Crippen LogP contribution in [0.5, 0.6) is 0 Å². The first-order valence-electron chi connectivity index (χ1n) is 7.59. The molecule has 3 rings (SSSR count). The van der Waals surface area contributed by atoms with Crippen molar-refractivity contribution in [2.45, 2.75) is 50.7 Å². The molecule has 1 aromatic carbocycles. The lowest BCUT2D eigenvalue weighted by atomic mass is 9.93. The number of ether oxygens (including phenoxy) is 1. The Morgan fingerprint density at radius 2 is 1.95 bits per heavy atom. The van der Waals surface area contributed by atoms with Gasteiger partial charge in [0.15, 0.2) is 0 Å². The van der Waals surface area contributed by atoms with Crippen molar-refractivity contribution in [3.63, 3.8) is 0 Å². The van der Waals surface area contributed by atoms with Crippen LogP contribution in [0.2, 0.25) is 0 Å². The first-order valence-corrected chi connectivity index (χ1v) is 7.59. The highest BCUT2D eigenvalue weighted by molar-refractivity contribution is 5.60. The van der Waals surface area contributed by atoms with Crippen LogP contribution < -0.4 is 4.90 Å². The predicted octanol–water partition coefficient (Wildman–Crippen LogP) is 3.63. The zero-order valence-corrected chi connectivity index (χ0v) is 12.7. The molecule has 1 aliphatic carbocycles. The van der Waals surface area contributed by atoms with Crippen molar-refractivity contribution in [2.75, 3.05) is 18.0 Å².